The zero-order valence-corrected chi connectivity index (χ0v) is 16.3. The minimum absolute atomic E-state index is 0.122. The number of amides is 2. The van der Waals surface area contributed by atoms with Crippen LogP contribution < -0.4 is 15.8 Å². The summed E-state index contributed by atoms with van der Waals surface area (Å²) in [6.45, 7) is 5.86. The van der Waals surface area contributed by atoms with Crippen LogP contribution in [0.3, 0.4) is 0 Å². The molecule has 0 saturated heterocycles. The zero-order valence-electron chi connectivity index (χ0n) is 15.5. The smallest absolute Gasteiger partial charge is 0.269 e. The number of nitrogens with zero attached hydrogens (tertiary/aromatic N) is 1. The molecule has 8 heteroatoms. The summed E-state index contributed by atoms with van der Waals surface area (Å²) in [5, 5.41) is 0. The van der Waals surface area contributed by atoms with Crippen LogP contribution in [0.1, 0.15) is 34.6 Å². The predicted molar refractivity (Wildman–Crippen MR) is 104 cm³/mol. The van der Waals surface area contributed by atoms with Crippen molar-refractivity contribution in [3.05, 3.63) is 59.7 Å². The molecule has 144 valence electrons. The summed E-state index contributed by atoms with van der Waals surface area (Å²) < 4.78 is 22.9. The third-order valence-corrected chi connectivity index (χ3v) is 5.22. The van der Waals surface area contributed by atoms with Gasteiger partial charge in [0.2, 0.25) is 0 Å². The molecular formula is C19H23N3O4S. The number of sulfone groups is 1. The number of anilines is 1. The molecule has 27 heavy (non-hydrogen) atoms. The van der Waals surface area contributed by atoms with E-state index in [0.717, 1.165) is 25.0 Å². The van der Waals surface area contributed by atoms with E-state index in [1.807, 2.05) is 12.1 Å². The molecule has 0 aliphatic heterocycles. The molecule has 2 rings (SSSR count). The molecular weight excluding hydrogens is 366 g/mol. The van der Waals surface area contributed by atoms with E-state index in [4.69, 9.17) is 0 Å². The lowest BCUT2D eigenvalue weighted by Gasteiger charge is -2.21. The molecule has 0 aromatic heterocycles. The first kappa shape index (κ1) is 20.4. The normalized spacial score (nSPS) is 10.9. The van der Waals surface area contributed by atoms with E-state index in [9.17, 15) is 18.0 Å². The van der Waals surface area contributed by atoms with Gasteiger partial charge in [-0.2, -0.15) is 0 Å². The first-order chi connectivity index (χ1) is 12.8. The Morgan fingerprint density at radius 1 is 0.815 bits per heavy atom. The van der Waals surface area contributed by atoms with Gasteiger partial charge in [-0.15, -0.1) is 0 Å². The molecule has 2 amide bonds. The highest BCUT2D eigenvalue weighted by atomic mass is 32.2. The Balaban J connectivity index is 1.97. The molecule has 0 heterocycles. The Labute approximate surface area is 159 Å². The maximum Gasteiger partial charge on any atom is 0.269 e. The summed E-state index contributed by atoms with van der Waals surface area (Å²) in [4.78, 5) is 26.5. The fourth-order valence-corrected chi connectivity index (χ4v) is 3.15. The summed E-state index contributed by atoms with van der Waals surface area (Å²) in [5.41, 5.74) is 6.34. The van der Waals surface area contributed by atoms with Gasteiger partial charge in [0.05, 0.1) is 4.90 Å². The maximum atomic E-state index is 12.2. The van der Waals surface area contributed by atoms with Gasteiger partial charge in [-0.25, -0.2) is 8.42 Å². The Morgan fingerprint density at radius 3 is 1.59 bits per heavy atom. The average molecular weight is 389 g/mol. The molecule has 2 N–H and O–H groups in total. The Bertz CT molecular complexity index is 903. The van der Waals surface area contributed by atoms with Crippen LogP contribution in [0.2, 0.25) is 0 Å². The second-order valence-corrected chi connectivity index (χ2v) is 7.94. The lowest BCUT2D eigenvalue weighted by molar-refractivity contribution is 0.0846. The molecule has 0 spiro atoms. The third kappa shape index (κ3) is 5.30. The van der Waals surface area contributed by atoms with E-state index in [0.29, 0.717) is 5.56 Å². The first-order valence-electron chi connectivity index (χ1n) is 8.52. The largest absolute Gasteiger partial charge is 0.372 e. The van der Waals surface area contributed by atoms with Crippen LogP contribution >= 0.6 is 0 Å². The van der Waals surface area contributed by atoms with Crippen LogP contribution in [0.15, 0.2) is 53.4 Å². The van der Waals surface area contributed by atoms with Crippen LogP contribution in [0.5, 0.6) is 0 Å². The molecule has 2 aromatic carbocycles. The molecule has 0 radical (unpaired) electrons. The Morgan fingerprint density at radius 2 is 1.22 bits per heavy atom. The van der Waals surface area contributed by atoms with E-state index >= 15 is 0 Å². The van der Waals surface area contributed by atoms with Crippen LogP contribution in [0, 0.1) is 0 Å². The van der Waals surface area contributed by atoms with Gasteiger partial charge in [-0.1, -0.05) is 0 Å². The zero-order chi connectivity index (χ0) is 20.0. The van der Waals surface area contributed by atoms with Crippen molar-refractivity contribution in [2.75, 3.05) is 24.2 Å². The number of hydrogen-bond donors (Lipinski definition) is 2. The number of benzene rings is 2. The molecule has 2 aromatic rings. The van der Waals surface area contributed by atoms with Crippen LogP contribution in [0.4, 0.5) is 5.69 Å². The molecule has 0 saturated carbocycles. The topological polar surface area (TPSA) is 95.6 Å². The fourth-order valence-electron chi connectivity index (χ4n) is 2.52. The minimum atomic E-state index is -3.33. The molecule has 0 fully saturated rings. The highest BCUT2D eigenvalue weighted by molar-refractivity contribution is 7.90. The molecule has 0 aliphatic rings. The van der Waals surface area contributed by atoms with E-state index in [1.165, 1.54) is 24.3 Å². The van der Waals surface area contributed by atoms with Gasteiger partial charge in [0, 0.05) is 36.2 Å². The lowest BCUT2D eigenvalue weighted by atomic mass is 10.2. The van der Waals surface area contributed by atoms with Gasteiger partial charge < -0.3 is 4.90 Å². The standard InChI is InChI=1S/C19H23N3O4S/c1-4-22(5-2)16-10-6-14(7-11-16)18(23)20-21-19(24)15-8-12-17(13-9-15)27(3,25)26/h6-13H,4-5H2,1-3H3,(H,20,23)(H,21,24). The van der Waals surface area contributed by atoms with Gasteiger partial charge in [0.25, 0.3) is 11.8 Å². The van der Waals surface area contributed by atoms with Crippen molar-refractivity contribution < 1.29 is 18.0 Å². The summed E-state index contributed by atoms with van der Waals surface area (Å²) in [6, 6.07) is 12.6. The number of hydrogen-bond acceptors (Lipinski definition) is 5. The van der Waals surface area contributed by atoms with Crippen molar-refractivity contribution in [2.24, 2.45) is 0 Å². The maximum absolute atomic E-state index is 12.2. The summed E-state index contributed by atoms with van der Waals surface area (Å²) >= 11 is 0. The SMILES string of the molecule is CCN(CC)c1ccc(C(=O)NNC(=O)c2ccc(S(C)(=O)=O)cc2)cc1. The van der Waals surface area contributed by atoms with E-state index in [-0.39, 0.29) is 10.5 Å². The van der Waals surface area contributed by atoms with Crippen molar-refractivity contribution >= 4 is 27.3 Å². The Hall–Kier alpha value is -2.87. The van der Waals surface area contributed by atoms with Gasteiger partial charge in [-0.05, 0) is 62.4 Å². The van der Waals surface area contributed by atoms with Crippen molar-refractivity contribution in [3.8, 4) is 0 Å². The van der Waals surface area contributed by atoms with Gasteiger partial charge in [0.1, 0.15) is 0 Å². The summed E-state index contributed by atoms with van der Waals surface area (Å²) in [7, 11) is -3.33. The number of carbonyl (C=O) groups excluding carboxylic acids is 2. The van der Waals surface area contributed by atoms with E-state index in [2.05, 4.69) is 29.6 Å². The minimum Gasteiger partial charge on any atom is -0.372 e. The summed E-state index contributed by atoms with van der Waals surface area (Å²) in [6.07, 6.45) is 1.09. The van der Waals surface area contributed by atoms with Crippen molar-refractivity contribution in [2.45, 2.75) is 18.7 Å². The first-order valence-corrected chi connectivity index (χ1v) is 10.4. The quantitative estimate of drug-likeness (QED) is 0.737. The monoisotopic (exact) mass is 389 g/mol. The fraction of sp³-hybridized carbons (Fsp3) is 0.263. The molecule has 0 unspecified atom stereocenters. The van der Waals surface area contributed by atoms with Crippen LogP contribution in [-0.4, -0.2) is 39.6 Å². The number of rotatable bonds is 6. The molecule has 7 nitrogen and oxygen atoms in total. The molecule has 0 atom stereocenters. The predicted octanol–water partition coefficient (Wildman–Crippen LogP) is 2.01. The van der Waals surface area contributed by atoms with Crippen LogP contribution in [0.25, 0.3) is 0 Å². The van der Waals surface area contributed by atoms with Gasteiger partial charge >= 0.3 is 0 Å². The third-order valence-electron chi connectivity index (χ3n) is 4.09. The van der Waals surface area contributed by atoms with Gasteiger partial charge in [0.15, 0.2) is 9.84 Å². The second-order valence-electron chi connectivity index (χ2n) is 5.92. The average Bonchev–Trinajstić information content (AvgIpc) is 2.66. The number of nitrogens with one attached hydrogen (secondary N) is 2. The van der Waals surface area contributed by atoms with E-state index in [1.54, 1.807) is 12.1 Å². The van der Waals surface area contributed by atoms with Crippen molar-refractivity contribution in [1.82, 2.24) is 10.9 Å². The van der Waals surface area contributed by atoms with Crippen molar-refractivity contribution in [3.63, 3.8) is 0 Å². The van der Waals surface area contributed by atoms with Gasteiger partial charge in [-0.3, -0.25) is 20.4 Å². The molecule has 0 bridgehead atoms. The highest BCUT2D eigenvalue weighted by Crippen LogP contribution is 2.15. The lowest BCUT2D eigenvalue weighted by Crippen LogP contribution is -2.41. The number of hydrazine groups is 1. The Kier molecular flexibility index (Phi) is 6.57. The molecule has 0 aliphatic carbocycles. The van der Waals surface area contributed by atoms with Crippen LogP contribution in [-0.2, 0) is 9.84 Å². The van der Waals surface area contributed by atoms with Crippen molar-refractivity contribution in [1.29, 1.82) is 0 Å². The summed E-state index contributed by atoms with van der Waals surface area (Å²) in [5.74, 6) is -0.981. The number of carbonyl (C=O) groups is 2. The highest BCUT2D eigenvalue weighted by Gasteiger charge is 2.12. The second kappa shape index (κ2) is 8.68. The van der Waals surface area contributed by atoms with E-state index < -0.39 is 21.7 Å².